The van der Waals surface area contributed by atoms with Gasteiger partial charge in [0.25, 0.3) is 0 Å². The number of hydrogen-bond acceptors (Lipinski definition) is 4. The van der Waals surface area contributed by atoms with Crippen LogP contribution in [0.5, 0.6) is 5.88 Å². The van der Waals surface area contributed by atoms with E-state index in [2.05, 4.69) is 29.0 Å². The Morgan fingerprint density at radius 2 is 1.86 bits per heavy atom. The van der Waals surface area contributed by atoms with Gasteiger partial charge in [-0.3, -0.25) is 0 Å². The molecular weight excluding hydrogens is 372 g/mol. The summed E-state index contributed by atoms with van der Waals surface area (Å²) in [4.78, 5) is 4.25. The normalized spacial score (nSPS) is 23.8. The zero-order valence-electron chi connectivity index (χ0n) is 16.3. The zero-order chi connectivity index (χ0) is 20.2. The van der Waals surface area contributed by atoms with Crippen LogP contribution in [0.4, 0.5) is 8.78 Å². The highest BCUT2D eigenvalue weighted by Gasteiger charge is 2.64. The minimum atomic E-state index is -0.630. The van der Waals surface area contributed by atoms with Gasteiger partial charge in [-0.05, 0) is 54.0 Å². The molecule has 2 atom stereocenters. The van der Waals surface area contributed by atoms with E-state index in [1.165, 1.54) is 18.2 Å². The van der Waals surface area contributed by atoms with Gasteiger partial charge in [-0.2, -0.15) is 5.10 Å². The Bertz CT molecular complexity index is 1070. The molecule has 6 heteroatoms. The number of ether oxygens (including phenoxy) is 1. The Morgan fingerprint density at radius 3 is 2.59 bits per heavy atom. The van der Waals surface area contributed by atoms with Gasteiger partial charge in [0, 0.05) is 12.3 Å². The van der Waals surface area contributed by atoms with Crippen LogP contribution in [-0.4, -0.2) is 21.8 Å². The van der Waals surface area contributed by atoms with Crippen molar-refractivity contribution in [1.82, 2.24) is 15.2 Å². The predicted molar refractivity (Wildman–Crippen MR) is 105 cm³/mol. The van der Waals surface area contributed by atoms with E-state index in [1.54, 1.807) is 6.20 Å². The molecule has 1 saturated carbocycles. The second-order valence-electron chi connectivity index (χ2n) is 8.48. The number of benzene rings is 1. The minimum Gasteiger partial charge on any atom is -0.477 e. The lowest BCUT2D eigenvalue weighted by atomic mass is 9.69. The Morgan fingerprint density at radius 1 is 1.07 bits per heavy atom. The van der Waals surface area contributed by atoms with Crippen LogP contribution in [0, 0.1) is 17.0 Å². The Kier molecular flexibility index (Phi) is 3.95. The molecule has 0 saturated heterocycles. The number of pyridine rings is 1. The van der Waals surface area contributed by atoms with Crippen LogP contribution in [0.1, 0.15) is 43.9 Å². The van der Waals surface area contributed by atoms with Crippen molar-refractivity contribution in [2.45, 2.75) is 38.0 Å². The number of aromatic nitrogens is 3. The average Bonchev–Trinajstić information content (AvgIpc) is 3.08. The molecule has 0 aliphatic heterocycles. The largest absolute Gasteiger partial charge is 0.477 e. The van der Waals surface area contributed by atoms with Gasteiger partial charge in [0.05, 0.1) is 22.4 Å². The quantitative estimate of drug-likeness (QED) is 0.622. The Hall–Kier alpha value is -2.89. The van der Waals surface area contributed by atoms with E-state index in [1.807, 2.05) is 24.3 Å². The summed E-state index contributed by atoms with van der Waals surface area (Å²) in [6, 6.07) is 11.2. The summed E-state index contributed by atoms with van der Waals surface area (Å²) in [5.74, 6) is -0.439. The molecule has 4 nitrogen and oxygen atoms in total. The highest BCUT2D eigenvalue weighted by Crippen LogP contribution is 2.67. The lowest BCUT2D eigenvalue weighted by Crippen LogP contribution is -2.41. The van der Waals surface area contributed by atoms with Gasteiger partial charge in [-0.1, -0.05) is 26.0 Å². The molecule has 2 aromatic heterocycles. The maximum atomic E-state index is 14.3. The molecule has 2 bridgehead atoms. The highest BCUT2D eigenvalue weighted by atomic mass is 19.1. The van der Waals surface area contributed by atoms with Crippen molar-refractivity contribution in [2.24, 2.45) is 5.41 Å². The van der Waals surface area contributed by atoms with Crippen molar-refractivity contribution < 1.29 is 13.5 Å². The summed E-state index contributed by atoms with van der Waals surface area (Å²) in [7, 11) is 0. The van der Waals surface area contributed by atoms with E-state index in [-0.39, 0.29) is 28.0 Å². The first-order valence-electron chi connectivity index (χ1n) is 9.80. The summed E-state index contributed by atoms with van der Waals surface area (Å²) in [5.41, 5.74) is 1.62. The third-order valence-electron chi connectivity index (χ3n) is 6.94. The maximum absolute atomic E-state index is 14.3. The van der Waals surface area contributed by atoms with Crippen LogP contribution >= 0.6 is 0 Å². The molecule has 1 aromatic carbocycles. The number of nitrogens with zero attached hydrogens (tertiary/aromatic N) is 3. The lowest BCUT2D eigenvalue weighted by molar-refractivity contribution is 0.118. The SMILES string of the molecule is CC1(C)[C@H]2CC[C@]1(COc1ccccn1)c1nnc(-c3c(F)cccc3F)cc12. The van der Waals surface area contributed by atoms with Gasteiger partial charge < -0.3 is 4.74 Å². The second-order valence-corrected chi connectivity index (χ2v) is 8.48. The van der Waals surface area contributed by atoms with Crippen molar-refractivity contribution in [3.63, 3.8) is 0 Å². The topological polar surface area (TPSA) is 47.9 Å². The van der Waals surface area contributed by atoms with E-state index >= 15 is 0 Å². The monoisotopic (exact) mass is 393 g/mol. The Labute approximate surface area is 168 Å². The van der Waals surface area contributed by atoms with Gasteiger partial charge >= 0.3 is 0 Å². The molecule has 2 aliphatic rings. The summed E-state index contributed by atoms with van der Waals surface area (Å²) < 4.78 is 34.6. The smallest absolute Gasteiger partial charge is 0.213 e. The molecule has 0 radical (unpaired) electrons. The van der Waals surface area contributed by atoms with E-state index in [0.717, 1.165) is 24.1 Å². The van der Waals surface area contributed by atoms with Crippen LogP contribution in [0.2, 0.25) is 0 Å². The maximum Gasteiger partial charge on any atom is 0.213 e. The van der Waals surface area contributed by atoms with Crippen molar-refractivity contribution in [1.29, 1.82) is 0 Å². The summed E-state index contributed by atoms with van der Waals surface area (Å²) in [6.45, 7) is 4.89. The average molecular weight is 393 g/mol. The number of fused-ring (bicyclic) bond motifs is 5. The number of hydrogen-bond donors (Lipinski definition) is 0. The third kappa shape index (κ3) is 2.51. The first-order chi connectivity index (χ1) is 13.9. The third-order valence-corrected chi connectivity index (χ3v) is 6.94. The summed E-state index contributed by atoms with van der Waals surface area (Å²) in [6.07, 6.45) is 3.62. The van der Waals surface area contributed by atoms with Crippen molar-refractivity contribution >= 4 is 0 Å². The number of rotatable bonds is 4. The van der Waals surface area contributed by atoms with E-state index in [9.17, 15) is 8.78 Å². The molecule has 0 amide bonds. The molecule has 1 fully saturated rings. The Balaban J connectivity index is 1.57. The predicted octanol–water partition coefficient (Wildman–Crippen LogP) is 5.05. The van der Waals surface area contributed by atoms with E-state index < -0.39 is 11.6 Å². The van der Waals surface area contributed by atoms with Crippen LogP contribution in [-0.2, 0) is 5.41 Å². The lowest BCUT2D eigenvalue weighted by Gasteiger charge is -2.37. The number of halogens is 2. The molecule has 29 heavy (non-hydrogen) atoms. The highest BCUT2D eigenvalue weighted by molar-refractivity contribution is 5.63. The van der Waals surface area contributed by atoms with Gasteiger partial charge in [0.1, 0.15) is 18.2 Å². The fourth-order valence-corrected chi connectivity index (χ4v) is 5.24. The second kappa shape index (κ2) is 6.31. The zero-order valence-corrected chi connectivity index (χ0v) is 16.3. The molecule has 0 unspecified atom stereocenters. The summed E-state index contributed by atoms with van der Waals surface area (Å²) >= 11 is 0. The van der Waals surface area contributed by atoms with Crippen LogP contribution in [0.15, 0.2) is 48.7 Å². The molecule has 3 aromatic rings. The van der Waals surface area contributed by atoms with Crippen LogP contribution in [0.3, 0.4) is 0 Å². The van der Waals surface area contributed by atoms with E-state index in [4.69, 9.17) is 4.74 Å². The first kappa shape index (κ1) is 18.2. The van der Waals surface area contributed by atoms with Crippen molar-refractivity contribution in [3.05, 3.63) is 71.6 Å². The molecule has 148 valence electrons. The van der Waals surface area contributed by atoms with Crippen LogP contribution in [0.25, 0.3) is 11.3 Å². The standard InChI is InChI=1S/C23H21F2N3O/c1-22(2)15-9-10-23(22,13-29-19-8-3-4-11-26-19)21-14(15)12-18(27-28-21)20-16(24)6-5-7-17(20)25/h3-8,11-12,15H,9-10,13H2,1-2H3/t15-,23-/m0/s1. The van der Waals surface area contributed by atoms with Crippen molar-refractivity contribution in [2.75, 3.05) is 6.61 Å². The molecular formula is C23H21F2N3O. The summed E-state index contributed by atoms with van der Waals surface area (Å²) in [5, 5.41) is 8.72. The van der Waals surface area contributed by atoms with Crippen LogP contribution < -0.4 is 4.74 Å². The molecule has 2 heterocycles. The van der Waals surface area contributed by atoms with E-state index in [0.29, 0.717) is 12.5 Å². The molecule has 5 rings (SSSR count). The van der Waals surface area contributed by atoms with Gasteiger partial charge in [-0.25, -0.2) is 13.8 Å². The molecule has 2 aliphatic carbocycles. The molecule has 0 spiro atoms. The van der Waals surface area contributed by atoms with Gasteiger partial charge in [0.15, 0.2) is 0 Å². The first-order valence-corrected chi connectivity index (χ1v) is 9.80. The van der Waals surface area contributed by atoms with Gasteiger partial charge in [-0.15, -0.1) is 5.10 Å². The van der Waals surface area contributed by atoms with Crippen molar-refractivity contribution in [3.8, 4) is 17.1 Å². The minimum absolute atomic E-state index is 0.106. The molecule has 0 N–H and O–H groups in total. The fourth-order valence-electron chi connectivity index (χ4n) is 5.24. The van der Waals surface area contributed by atoms with Gasteiger partial charge in [0.2, 0.25) is 5.88 Å². The fraction of sp³-hybridized carbons (Fsp3) is 0.348.